The maximum absolute atomic E-state index is 11.8. The smallest absolute Gasteiger partial charge is 0.336 e. The number of carbonyl (C=O) groups excluding carboxylic acids is 1. The molecule has 0 saturated carbocycles. The Morgan fingerprint density at radius 3 is 2.48 bits per heavy atom. The first-order valence-electron chi connectivity index (χ1n) is 8.43. The molecule has 1 aromatic carbocycles. The molecular formula is C19H24O4. The number of fused-ring (bicyclic) bond motifs is 1. The molecule has 1 aromatic heterocycles. The summed E-state index contributed by atoms with van der Waals surface area (Å²) in [5.41, 5.74) is 0.0165. The standard InChI is InChI=1S/C19H24O4/c1-2-3-4-5-6-7-8-9-18(20)22-16-12-10-15-11-13-19(21)23-17(15)14-16/h10-14H,2-9H2,1H3. The van der Waals surface area contributed by atoms with Crippen molar-refractivity contribution >= 4 is 16.9 Å². The molecule has 0 amide bonds. The third-order valence-corrected chi connectivity index (χ3v) is 3.81. The molecule has 23 heavy (non-hydrogen) atoms. The third kappa shape index (κ3) is 5.89. The van der Waals surface area contributed by atoms with Crippen LogP contribution in [-0.2, 0) is 4.79 Å². The lowest BCUT2D eigenvalue weighted by atomic mass is 10.1. The van der Waals surface area contributed by atoms with E-state index in [1.165, 1.54) is 38.2 Å². The molecular weight excluding hydrogens is 292 g/mol. The lowest BCUT2D eigenvalue weighted by Gasteiger charge is -2.05. The summed E-state index contributed by atoms with van der Waals surface area (Å²) < 4.78 is 10.4. The molecule has 0 N–H and O–H groups in total. The van der Waals surface area contributed by atoms with Crippen molar-refractivity contribution in [3.8, 4) is 5.75 Å². The Hall–Kier alpha value is -2.10. The first-order chi connectivity index (χ1) is 11.2. The molecule has 4 heteroatoms. The van der Waals surface area contributed by atoms with Crippen molar-refractivity contribution in [2.75, 3.05) is 0 Å². The summed E-state index contributed by atoms with van der Waals surface area (Å²) in [6.07, 6.45) is 8.58. The van der Waals surface area contributed by atoms with Crippen molar-refractivity contribution in [2.24, 2.45) is 0 Å². The van der Waals surface area contributed by atoms with Crippen LogP contribution in [0.4, 0.5) is 0 Å². The second-order valence-electron chi connectivity index (χ2n) is 5.80. The molecule has 0 atom stereocenters. The number of hydrogen-bond acceptors (Lipinski definition) is 4. The molecule has 0 bridgehead atoms. The zero-order valence-electron chi connectivity index (χ0n) is 13.7. The Balaban J connectivity index is 1.76. The van der Waals surface area contributed by atoms with Gasteiger partial charge in [0.05, 0.1) is 0 Å². The average Bonchev–Trinajstić information content (AvgIpc) is 2.53. The summed E-state index contributed by atoms with van der Waals surface area (Å²) in [5, 5.41) is 0.802. The quantitative estimate of drug-likeness (QED) is 0.287. The van der Waals surface area contributed by atoms with E-state index in [2.05, 4.69) is 6.92 Å². The molecule has 0 fully saturated rings. The van der Waals surface area contributed by atoms with Crippen LogP contribution >= 0.6 is 0 Å². The summed E-state index contributed by atoms with van der Waals surface area (Å²) in [7, 11) is 0. The molecule has 0 saturated heterocycles. The van der Waals surface area contributed by atoms with Crippen molar-refractivity contribution in [1.29, 1.82) is 0 Å². The van der Waals surface area contributed by atoms with E-state index >= 15 is 0 Å². The van der Waals surface area contributed by atoms with Gasteiger partial charge in [0.15, 0.2) is 0 Å². The number of unbranched alkanes of at least 4 members (excludes halogenated alkanes) is 6. The summed E-state index contributed by atoms with van der Waals surface area (Å²) in [6, 6.07) is 8.12. The number of hydrogen-bond donors (Lipinski definition) is 0. The van der Waals surface area contributed by atoms with Crippen LogP contribution in [0.5, 0.6) is 5.75 Å². The predicted octanol–water partition coefficient (Wildman–Crippen LogP) is 4.84. The highest BCUT2D eigenvalue weighted by molar-refractivity contribution is 5.79. The minimum Gasteiger partial charge on any atom is -0.426 e. The molecule has 0 spiro atoms. The minimum atomic E-state index is -0.413. The molecule has 0 aliphatic rings. The molecule has 2 aromatic rings. The third-order valence-electron chi connectivity index (χ3n) is 3.81. The fourth-order valence-corrected chi connectivity index (χ4v) is 2.51. The Morgan fingerprint density at radius 1 is 1.00 bits per heavy atom. The van der Waals surface area contributed by atoms with Gasteiger partial charge in [-0.15, -0.1) is 0 Å². The number of benzene rings is 1. The topological polar surface area (TPSA) is 56.5 Å². The van der Waals surface area contributed by atoms with E-state index in [4.69, 9.17) is 9.15 Å². The van der Waals surface area contributed by atoms with E-state index < -0.39 is 5.63 Å². The van der Waals surface area contributed by atoms with Crippen LogP contribution in [0.2, 0.25) is 0 Å². The fourth-order valence-electron chi connectivity index (χ4n) is 2.51. The number of ether oxygens (including phenoxy) is 1. The van der Waals surface area contributed by atoms with Gasteiger partial charge in [-0.05, 0) is 24.6 Å². The van der Waals surface area contributed by atoms with Crippen molar-refractivity contribution in [1.82, 2.24) is 0 Å². The number of rotatable bonds is 9. The molecule has 1 heterocycles. The van der Waals surface area contributed by atoms with Gasteiger partial charge in [-0.2, -0.15) is 0 Å². The highest BCUT2D eigenvalue weighted by Crippen LogP contribution is 2.20. The summed E-state index contributed by atoms with van der Waals surface area (Å²) >= 11 is 0. The van der Waals surface area contributed by atoms with Crippen LogP contribution in [0.3, 0.4) is 0 Å². The molecule has 2 rings (SSSR count). The second-order valence-corrected chi connectivity index (χ2v) is 5.80. The fraction of sp³-hybridized carbons (Fsp3) is 0.474. The van der Waals surface area contributed by atoms with Gasteiger partial charge in [-0.25, -0.2) is 4.79 Å². The van der Waals surface area contributed by atoms with Crippen molar-refractivity contribution < 1.29 is 13.9 Å². The van der Waals surface area contributed by atoms with E-state index in [0.717, 1.165) is 18.2 Å². The van der Waals surface area contributed by atoms with E-state index in [1.54, 1.807) is 24.3 Å². The molecule has 0 unspecified atom stereocenters. The minimum absolute atomic E-state index is 0.240. The predicted molar refractivity (Wildman–Crippen MR) is 90.7 cm³/mol. The highest BCUT2D eigenvalue weighted by atomic mass is 16.5. The summed E-state index contributed by atoms with van der Waals surface area (Å²) in [4.78, 5) is 23.0. The lowest BCUT2D eigenvalue weighted by Crippen LogP contribution is -2.07. The van der Waals surface area contributed by atoms with Crippen LogP contribution in [0.15, 0.2) is 39.5 Å². The van der Waals surface area contributed by atoms with Crippen LogP contribution in [0.25, 0.3) is 11.0 Å². The maximum atomic E-state index is 11.8. The molecule has 0 aliphatic carbocycles. The van der Waals surface area contributed by atoms with E-state index in [1.807, 2.05) is 0 Å². The Labute approximate surface area is 136 Å². The summed E-state index contributed by atoms with van der Waals surface area (Å²) in [5.74, 6) is 0.177. The Morgan fingerprint density at radius 2 is 1.70 bits per heavy atom. The van der Waals surface area contributed by atoms with Crippen molar-refractivity contribution in [3.05, 3.63) is 40.8 Å². The van der Waals surface area contributed by atoms with Crippen molar-refractivity contribution in [2.45, 2.75) is 58.3 Å². The van der Waals surface area contributed by atoms with Gasteiger partial charge in [0.1, 0.15) is 11.3 Å². The van der Waals surface area contributed by atoms with Gasteiger partial charge in [0.2, 0.25) is 0 Å². The van der Waals surface area contributed by atoms with Crippen LogP contribution in [0.1, 0.15) is 58.3 Å². The van der Waals surface area contributed by atoms with Crippen LogP contribution in [0, 0.1) is 0 Å². The van der Waals surface area contributed by atoms with Gasteiger partial charge < -0.3 is 9.15 Å². The molecule has 0 radical (unpaired) electrons. The largest absolute Gasteiger partial charge is 0.426 e. The number of carbonyl (C=O) groups is 1. The Bertz CT molecular complexity index is 687. The van der Waals surface area contributed by atoms with E-state index in [-0.39, 0.29) is 5.97 Å². The Kier molecular flexibility index (Phi) is 6.85. The van der Waals surface area contributed by atoms with Crippen LogP contribution < -0.4 is 10.4 Å². The number of esters is 1. The van der Waals surface area contributed by atoms with Gasteiger partial charge in [0.25, 0.3) is 0 Å². The van der Waals surface area contributed by atoms with Gasteiger partial charge in [-0.3, -0.25) is 4.79 Å². The first kappa shape index (κ1) is 17.3. The van der Waals surface area contributed by atoms with E-state index in [0.29, 0.717) is 17.8 Å². The molecule has 0 aliphatic heterocycles. The van der Waals surface area contributed by atoms with Gasteiger partial charge in [-0.1, -0.05) is 45.4 Å². The second kappa shape index (κ2) is 9.13. The van der Waals surface area contributed by atoms with E-state index in [9.17, 15) is 9.59 Å². The SMILES string of the molecule is CCCCCCCCCC(=O)Oc1ccc2ccc(=O)oc2c1. The zero-order chi connectivity index (χ0) is 16.5. The normalized spacial score (nSPS) is 10.8. The van der Waals surface area contributed by atoms with Crippen molar-refractivity contribution in [3.63, 3.8) is 0 Å². The van der Waals surface area contributed by atoms with Gasteiger partial charge in [0, 0.05) is 23.9 Å². The zero-order valence-corrected chi connectivity index (χ0v) is 13.7. The molecule has 4 nitrogen and oxygen atoms in total. The molecule has 124 valence electrons. The highest BCUT2D eigenvalue weighted by Gasteiger charge is 2.06. The first-order valence-corrected chi connectivity index (χ1v) is 8.43. The van der Waals surface area contributed by atoms with Crippen LogP contribution in [-0.4, -0.2) is 5.97 Å². The maximum Gasteiger partial charge on any atom is 0.336 e. The monoisotopic (exact) mass is 316 g/mol. The summed E-state index contributed by atoms with van der Waals surface area (Å²) in [6.45, 7) is 2.20. The lowest BCUT2D eigenvalue weighted by molar-refractivity contribution is -0.134. The average molecular weight is 316 g/mol. The van der Waals surface area contributed by atoms with Gasteiger partial charge >= 0.3 is 11.6 Å².